The summed E-state index contributed by atoms with van der Waals surface area (Å²) in [4.78, 5) is 32.8. The lowest BCUT2D eigenvalue weighted by atomic mass is 9.95. The van der Waals surface area contributed by atoms with Crippen LogP contribution < -0.4 is 0 Å². The van der Waals surface area contributed by atoms with Crippen LogP contribution >= 0.6 is 0 Å². The average Bonchev–Trinajstić information content (AvgIpc) is 2.29. The van der Waals surface area contributed by atoms with E-state index in [-0.39, 0.29) is 24.1 Å². The Morgan fingerprint density at radius 3 is 2.50 bits per heavy atom. The molecule has 0 amide bonds. The quantitative estimate of drug-likeness (QED) is 0.472. The number of nitro groups is 1. The third-order valence-corrected chi connectivity index (χ3v) is 2.65. The number of Topliss-reactive ketones (excluding diaryl/α,β-unsaturated/α-hetero) is 1. The first-order valence-corrected chi connectivity index (χ1v) is 5.45. The predicted molar refractivity (Wildman–Crippen MR) is 63.2 cm³/mol. The number of rotatable bonds is 6. The SMILES string of the molecule is CCC(C(=O)O)C(=O)Cc1ccccc1[N+](=O)[O-]. The molecular formula is C12H13NO5. The second-order valence-electron chi connectivity index (χ2n) is 3.83. The molecule has 0 radical (unpaired) electrons. The second kappa shape index (κ2) is 5.90. The second-order valence-corrected chi connectivity index (χ2v) is 3.83. The van der Waals surface area contributed by atoms with Gasteiger partial charge in [-0.15, -0.1) is 0 Å². The highest BCUT2D eigenvalue weighted by Gasteiger charge is 2.26. The fourth-order valence-electron chi connectivity index (χ4n) is 1.69. The highest BCUT2D eigenvalue weighted by atomic mass is 16.6. The van der Waals surface area contributed by atoms with Crippen molar-refractivity contribution in [3.05, 3.63) is 39.9 Å². The zero-order valence-electron chi connectivity index (χ0n) is 9.83. The summed E-state index contributed by atoms with van der Waals surface area (Å²) in [5.41, 5.74) is 0.0818. The highest BCUT2D eigenvalue weighted by molar-refractivity contribution is 5.99. The maximum atomic E-state index is 11.8. The summed E-state index contributed by atoms with van der Waals surface area (Å²) in [6, 6.07) is 5.84. The number of nitro benzene ring substituents is 1. The molecule has 0 aliphatic heterocycles. The summed E-state index contributed by atoms with van der Waals surface area (Å²) < 4.78 is 0. The molecule has 1 rings (SSSR count). The molecule has 0 saturated carbocycles. The molecule has 0 aromatic heterocycles. The van der Waals surface area contributed by atoms with Crippen LogP contribution in [0.3, 0.4) is 0 Å². The van der Waals surface area contributed by atoms with Gasteiger partial charge in [-0.3, -0.25) is 19.7 Å². The van der Waals surface area contributed by atoms with Crippen LogP contribution in [0.2, 0.25) is 0 Å². The number of ketones is 1. The van der Waals surface area contributed by atoms with E-state index in [1.807, 2.05) is 0 Å². The van der Waals surface area contributed by atoms with E-state index in [9.17, 15) is 19.7 Å². The molecule has 0 bridgehead atoms. The zero-order chi connectivity index (χ0) is 13.7. The molecule has 0 spiro atoms. The summed E-state index contributed by atoms with van der Waals surface area (Å²) in [5, 5.41) is 19.6. The molecule has 0 heterocycles. The van der Waals surface area contributed by atoms with Gasteiger partial charge in [0.05, 0.1) is 4.92 Å². The van der Waals surface area contributed by atoms with Crippen molar-refractivity contribution in [2.45, 2.75) is 19.8 Å². The first-order chi connectivity index (χ1) is 8.47. The molecule has 1 unspecified atom stereocenters. The number of carbonyl (C=O) groups is 2. The zero-order valence-corrected chi connectivity index (χ0v) is 9.83. The maximum absolute atomic E-state index is 11.8. The van der Waals surface area contributed by atoms with Gasteiger partial charge in [-0.2, -0.15) is 0 Å². The number of para-hydroxylation sites is 1. The molecule has 1 aromatic carbocycles. The number of hydrogen-bond donors (Lipinski definition) is 1. The lowest BCUT2D eigenvalue weighted by Crippen LogP contribution is -2.24. The molecule has 96 valence electrons. The fourth-order valence-corrected chi connectivity index (χ4v) is 1.69. The van der Waals surface area contributed by atoms with Gasteiger partial charge in [0.15, 0.2) is 5.78 Å². The van der Waals surface area contributed by atoms with Gasteiger partial charge in [0, 0.05) is 18.1 Å². The van der Waals surface area contributed by atoms with Crippen LogP contribution in [-0.4, -0.2) is 21.8 Å². The Hall–Kier alpha value is -2.24. The monoisotopic (exact) mass is 251 g/mol. The number of hydrogen-bond acceptors (Lipinski definition) is 4. The van der Waals surface area contributed by atoms with Gasteiger partial charge in [-0.1, -0.05) is 25.1 Å². The summed E-state index contributed by atoms with van der Waals surface area (Å²) in [7, 11) is 0. The van der Waals surface area contributed by atoms with E-state index < -0.39 is 22.6 Å². The molecule has 1 N–H and O–H groups in total. The molecule has 6 heteroatoms. The Morgan fingerprint density at radius 1 is 1.39 bits per heavy atom. The number of aliphatic carboxylic acids is 1. The normalized spacial score (nSPS) is 11.8. The van der Waals surface area contributed by atoms with E-state index in [2.05, 4.69) is 0 Å². The minimum atomic E-state index is -1.19. The van der Waals surface area contributed by atoms with Crippen molar-refractivity contribution in [1.29, 1.82) is 0 Å². The first kappa shape index (κ1) is 13.8. The molecule has 0 aliphatic carbocycles. The van der Waals surface area contributed by atoms with Crippen molar-refractivity contribution in [1.82, 2.24) is 0 Å². The first-order valence-electron chi connectivity index (χ1n) is 5.45. The molecule has 6 nitrogen and oxygen atoms in total. The standard InChI is InChI=1S/C12H13NO5/c1-2-9(12(15)16)11(14)7-8-5-3-4-6-10(8)13(17)18/h3-6,9H,2,7H2,1H3,(H,15,16). The number of carbonyl (C=O) groups excluding carboxylic acids is 1. The van der Waals surface area contributed by atoms with Gasteiger partial charge in [-0.25, -0.2) is 0 Å². The summed E-state index contributed by atoms with van der Waals surface area (Å²) >= 11 is 0. The third-order valence-electron chi connectivity index (χ3n) is 2.65. The van der Waals surface area contributed by atoms with Crippen LogP contribution in [0.5, 0.6) is 0 Å². The lowest BCUT2D eigenvalue weighted by molar-refractivity contribution is -0.385. The third kappa shape index (κ3) is 3.13. The van der Waals surface area contributed by atoms with Crippen molar-refractivity contribution in [3.63, 3.8) is 0 Å². The fraction of sp³-hybridized carbons (Fsp3) is 0.333. The van der Waals surface area contributed by atoms with Gasteiger partial charge < -0.3 is 5.11 Å². The van der Waals surface area contributed by atoms with Gasteiger partial charge >= 0.3 is 5.97 Å². The minimum absolute atomic E-state index is 0.161. The summed E-state index contributed by atoms with van der Waals surface area (Å²) in [6.07, 6.45) is -0.0588. The van der Waals surface area contributed by atoms with Crippen molar-refractivity contribution < 1.29 is 19.6 Å². The van der Waals surface area contributed by atoms with Crippen LogP contribution in [0.4, 0.5) is 5.69 Å². The summed E-state index contributed by atoms with van der Waals surface area (Å²) in [6.45, 7) is 1.59. The average molecular weight is 251 g/mol. The number of carboxylic acids is 1. The summed E-state index contributed by atoms with van der Waals surface area (Å²) in [5.74, 6) is -2.81. The molecule has 1 atom stereocenters. The molecule has 0 saturated heterocycles. The van der Waals surface area contributed by atoms with E-state index in [0.717, 1.165) is 0 Å². The number of benzene rings is 1. The van der Waals surface area contributed by atoms with Gasteiger partial charge in [-0.05, 0) is 6.42 Å². The van der Waals surface area contributed by atoms with E-state index in [4.69, 9.17) is 5.11 Å². The number of carboxylic acid groups (broad SMARTS) is 1. The Morgan fingerprint density at radius 2 is 2.00 bits per heavy atom. The number of nitrogens with zero attached hydrogens (tertiary/aromatic N) is 1. The topological polar surface area (TPSA) is 97.5 Å². The molecule has 18 heavy (non-hydrogen) atoms. The van der Waals surface area contributed by atoms with Crippen molar-refractivity contribution >= 4 is 17.4 Å². The van der Waals surface area contributed by atoms with E-state index in [0.29, 0.717) is 0 Å². The van der Waals surface area contributed by atoms with Crippen LogP contribution in [-0.2, 0) is 16.0 Å². The molecule has 0 fully saturated rings. The van der Waals surface area contributed by atoms with Crippen LogP contribution in [0.25, 0.3) is 0 Å². The Balaban J connectivity index is 2.94. The van der Waals surface area contributed by atoms with Gasteiger partial charge in [0.25, 0.3) is 5.69 Å². The van der Waals surface area contributed by atoms with Gasteiger partial charge in [0.1, 0.15) is 5.92 Å². The maximum Gasteiger partial charge on any atom is 0.314 e. The Bertz CT molecular complexity index is 483. The predicted octanol–water partition coefficient (Wildman–Crippen LogP) is 1.82. The van der Waals surface area contributed by atoms with E-state index in [1.165, 1.54) is 18.2 Å². The molecular weight excluding hydrogens is 238 g/mol. The van der Waals surface area contributed by atoms with Gasteiger partial charge in [0.2, 0.25) is 0 Å². The highest BCUT2D eigenvalue weighted by Crippen LogP contribution is 2.20. The molecule has 1 aromatic rings. The van der Waals surface area contributed by atoms with E-state index in [1.54, 1.807) is 13.0 Å². The molecule has 0 aliphatic rings. The largest absolute Gasteiger partial charge is 0.481 e. The van der Waals surface area contributed by atoms with Crippen molar-refractivity contribution in [2.75, 3.05) is 0 Å². The Kier molecular flexibility index (Phi) is 4.53. The Labute approximate surface area is 103 Å². The smallest absolute Gasteiger partial charge is 0.314 e. The van der Waals surface area contributed by atoms with Crippen molar-refractivity contribution in [2.24, 2.45) is 5.92 Å². The van der Waals surface area contributed by atoms with Crippen molar-refractivity contribution in [3.8, 4) is 0 Å². The van der Waals surface area contributed by atoms with Crippen LogP contribution in [0, 0.1) is 16.0 Å². The minimum Gasteiger partial charge on any atom is -0.481 e. The van der Waals surface area contributed by atoms with Crippen LogP contribution in [0.1, 0.15) is 18.9 Å². The van der Waals surface area contributed by atoms with E-state index >= 15 is 0 Å². The lowest BCUT2D eigenvalue weighted by Gasteiger charge is -2.08. The van der Waals surface area contributed by atoms with Crippen LogP contribution in [0.15, 0.2) is 24.3 Å².